The number of benzene rings is 1. The summed E-state index contributed by atoms with van der Waals surface area (Å²) in [5.74, 6) is 0.188. The average Bonchev–Trinajstić information content (AvgIpc) is 2.99. The predicted molar refractivity (Wildman–Crippen MR) is 84.1 cm³/mol. The molecule has 1 saturated carbocycles. The molecule has 1 aliphatic carbocycles. The van der Waals surface area contributed by atoms with E-state index in [9.17, 15) is 9.18 Å². The van der Waals surface area contributed by atoms with E-state index >= 15 is 0 Å². The highest BCUT2D eigenvalue weighted by molar-refractivity contribution is 5.99. The van der Waals surface area contributed by atoms with Crippen LogP contribution >= 0.6 is 0 Å². The second-order valence-electron chi connectivity index (χ2n) is 5.78. The monoisotopic (exact) mass is 292 g/mol. The van der Waals surface area contributed by atoms with Gasteiger partial charge in [0.1, 0.15) is 5.82 Å². The minimum absolute atomic E-state index is 0.189. The number of rotatable bonds is 7. The van der Waals surface area contributed by atoms with Crippen LogP contribution in [0.25, 0.3) is 0 Å². The van der Waals surface area contributed by atoms with E-state index in [1.807, 2.05) is 6.92 Å². The van der Waals surface area contributed by atoms with Gasteiger partial charge in [0.25, 0.3) is 5.91 Å². The third kappa shape index (κ3) is 4.45. The molecule has 4 heteroatoms. The van der Waals surface area contributed by atoms with Crippen molar-refractivity contribution in [2.24, 2.45) is 5.92 Å². The molecule has 0 heterocycles. The van der Waals surface area contributed by atoms with Crippen molar-refractivity contribution in [2.75, 3.05) is 18.4 Å². The van der Waals surface area contributed by atoms with Crippen molar-refractivity contribution in [1.29, 1.82) is 0 Å². The zero-order chi connectivity index (χ0) is 15.1. The number of hydrogen-bond donors (Lipinski definition) is 2. The highest BCUT2D eigenvalue weighted by atomic mass is 19.1. The summed E-state index contributed by atoms with van der Waals surface area (Å²) in [7, 11) is 0. The number of para-hydroxylation sites is 1. The number of hydrogen-bond acceptors (Lipinski definition) is 2. The Morgan fingerprint density at radius 1 is 1.29 bits per heavy atom. The van der Waals surface area contributed by atoms with E-state index < -0.39 is 0 Å². The Hall–Kier alpha value is -1.58. The van der Waals surface area contributed by atoms with Crippen LogP contribution in [0.1, 0.15) is 55.8 Å². The summed E-state index contributed by atoms with van der Waals surface area (Å²) in [5, 5.41) is 5.93. The minimum atomic E-state index is -0.369. The summed E-state index contributed by atoms with van der Waals surface area (Å²) < 4.78 is 13.9. The van der Waals surface area contributed by atoms with Gasteiger partial charge >= 0.3 is 0 Å². The van der Waals surface area contributed by atoms with Gasteiger partial charge in [0, 0.05) is 13.1 Å². The molecule has 0 aromatic heterocycles. The third-order valence-corrected chi connectivity index (χ3v) is 4.12. The zero-order valence-corrected chi connectivity index (χ0v) is 12.8. The van der Waals surface area contributed by atoms with Crippen LogP contribution in [0.5, 0.6) is 0 Å². The van der Waals surface area contributed by atoms with E-state index in [0.717, 1.165) is 18.8 Å². The second-order valence-corrected chi connectivity index (χ2v) is 5.78. The molecule has 3 nitrogen and oxygen atoms in total. The maximum Gasteiger partial charge on any atom is 0.253 e. The number of carbonyl (C=O) groups is 1. The van der Waals surface area contributed by atoms with Gasteiger partial charge in [0.05, 0.1) is 11.3 Å². The molecule has 0 unspecified atom stereocenters. The molecule has 2 rings (SSSR count). The summed E-state index contributed by atoms with van der Waals surface area (Å²) in [6, 6.07) is 4.64. The predicted octanol–water partition coefficient (Wildman–Crippen LogP) is 3.96. The zero-order valence-electron chi connectivity index (χ0n) is 12.8. The van der Waals surface area contributed by atoms with E-state index in [1.54, 1.807) is 12.1 Å². The lowest BCUT2D eigenvalue weighted by molar-refractivity contribution is 0.0952. The SMILES string of the molecule is CCCNc1c(F)cccc1C(=O)NCCC1CCCC1. The number of carbonyl (C=O) groups excluding carboxylic acids is 1. The Morgan fingerprint density at radius 3 is 2.76 bits per heavy atom. The summed E-state index contributed by atoms with van der Waals surface area (Å²) in [5.41, 5.74) is 0.715. The molecule has 0 bridgehead atoms. The molecule has 1 aliphatic rings. The molecule has 1 aromatic rings. The van der Waals surface area contributed by atoms with Gasteiger partial charge in [-0.05, 0) is 30.9 Å². The van der Waals surface area contributed by atoms with E-state index in [0.29, 0.717) is 24.3 Å². The van der Waals surface area contributed by atoms with Gasteiger partial charge < -0.3 is 10.6 Å². The van der Waals surface area contributed by atoms with E-state index in [2.05, 4.69) is 10.6 Å². The van der Waals surface area contributed by atoms with Crippen LogP contribution in [-0.2, 0) is 0 Å². The van der Waals surface area contributed by atoms with Gasteiger partial charge in [-0.1, -0.05) is 38.7 Å². The van der Waals surface area contributed by atoms with Crippen LogP contribution in [0.15, 0.2) is 18.2 Å². The van der Waals surface area contributed by atoms with Crippen molar-refractivity contribution >= 4 is 11.6 Å². The van der Waals surface area contributed by atoms with Crippen molar-refractivity contribution in [3.63, 3.8) is 0 Å². The molecule has 0 spiro atoms. The van der Waals surface area contributed by atoms with E-state index in [-0.39, 0.29) is 11.7 Å². The maximum atomic E-state index is 13.9. The van der Waals surface area contributed by atoms with Crippen LogP contribution in [0.3, 0.4) is 0 Å². The Labute approximate surface area is 126 Å². The lowest BCUT2D eigenvalue weighted by atomic mass is 10.0. The van der Waals surface area contributed by atoms with Crippen molar-refractivity contribution in [1.82, 2.24) is 5.32 Å². The average molecular weight is 292 g/mol. The lowest BCUT2D eigenvalue weighted by Crippen LogP contribution is -2.27. The van der Waals surface area contributed by atoms with Gasteiger partial charge in [-0.15, -0.1) is 0 Å². The second kappa shape index (κ2) is 8.01. The first-order valence-electron chi connectivity index (χ1n) is 8.03. The molecule has 1 fully saturated rings. The largest absolute Gasteiger partial charge is 0.382 e. The molecule has 1 aromatic carbocycles. The number of halogens is 1. The summed E-state index contributed by atoms with van der Waals surface area (Å²) in [4.78, 5) is 12.2. The molecule has 0 saturated heterocycles. The first-order chi connectivity index (χ1) is 10.2. The molecule has 1 amide bonds. The van der Waals surface area contributed by atoms with Gasteiger partial charge in [-0.3, -0.25) is 4.79 Å². The lowest BCUT2D eigenvalue weighted by Gasteiger charge is -2.14. The number of anilines is 1. The molecule has 0 atom stereocenters. The fourth-order valence-electron chi connectivity index (χ4n) is 2.93. The Morgan fingerprint density at radius 2 is 2.05 bits per heavy atom. The van der Waals surface area contributed by atoms with E-state index in [1.165, 1.54) is 31.7 Å². The maximum absolute atomic E-state index is 13.9. The molecule has 0 radical (unpaired) electrons. The normalized spacial score (nSPS) is 15.1. The van der Waals surface area contributed by atoms with Crippen molar-refractivity contribution < 1.29 is 9.18 Å². The van der Waals surface area contributed by atoms with E-state index in [4.69, 9.17) is 0 Å². The van der Waals surface area contributed by atoms with Crippen LogP contribution in [0.4, 0.5) is 10.1 Å². The van der Waals surface area contributed by atoms with Gasteiger partial charge in [0.2, 0.25) is 0 Å². The van der Waals surface area contributed by atoms with Crippen LogP contribution in [0, 0.1) is 11.7 Å². The molecular formula is C17H25FN2O. The molecule has 2 N–H and O–H groups in total. The molecule has 0 aliphatic heterocycles. The highest BCUT2D eigenvalue weighted by Crippen LogP contribution is 2.27. The summed E-state index contributed by atoms with van der Waals surface area (Å²) in [6.07, 6.45) is 7.09. The van der Waals surface area contributed by atoms with Gasteiger partial charge in [-0.2, -0.15) is 0 Å². The van der Waals surface area contributed by atoms with Crippen molar-refractivity contribution in [3.8, 4) is 0 Å². The fraction of sp³-hybridized carbons (Fsp3) is 0.588. The molecule has 21 heavy (non-hydrogen) atoms. The highest BCUT2D eigenvalue weighted by Gasteiger charge is 2.17. The topological polar surface area (TPSA) is 41.1 Å². The summed E-state index contributed by atoms with van der Waals surface area (Å²) >= 11 is 0. The quantitative estimate of drug-likeness (QED) is 0.798. The minimum Gasteiger partial charge on any atom is -0.382 e. The molecular weight excluding hydrogens is 267 g/mol. The Kier molecular flexibility index (Phi) is 6.03. The standard InChI is InChI=1S/C17H25FN2O/c1-2-11-19-16-14(8-5-9-15(16)18)17(21)20-12-10-13-6-3-4-7-13/h5,8-9,13,19H,2-4,6-7,10-12H2,1H3,(H,20,21). The number of nitrogens with one attached hydrogen (secondary N) is 2. The van der Waals surface area contributed by atoms with Crippen LogP contribution in [-0.4, -0.2) is 19.0 Å². The number of amides is 1. The smallest absolute Gasteiger partial charge is 0.253 e. The van der Waals surface area contributed by atoms with Crippen LogP contribution < -0.4 is 10.6 Å². The molecule has 116 valence electrons. The third-order valence-electron chi connectivity index (χ3n) is 4.12. The Bertz CT molecular complexity index is 470. The first kappa shape index (κ1) is 15.8. The van der Waals surface area contributed by atoms with Gasteiger partial charge in [0.15, 0.2) is 0 Å². The summed E-state index contributed by atoms with van der Waals surface area (Å²) in [6.45, 7) is 3.34. The van der Waals surface area contributed by atoms with Crippen molar-refractivity contribution in [2.45, 2.75) is 45.4 Å². The first-order valence-corrected chi connectivity index (χ1v) is 8.03. The van der Waals surface area contributed by atoms with Gasteiger partial charge in [-0.25, -0.2) is 4.39 Å². The van der Waals surface area contributed by atoms with Crippen LogP contribution in [0.2, 0.25) is 0 Å². The Balaban J connectivity index is 1.92. The fourth-order valence-corrected chi connectivity index (χ4v) is 2.93. The van der Waals surface area contributed by atoms with Crippen molar-refractivity contribution in [3.05, 3.63) is 29.6 Å².